The zero-order valence-electron chi connectivity index (χ0n) is 8.28. The SMILES string of the molecule is COC(=O)C=Cc1cc(C)ccc1N. The minimum Gasteiger partial charge on any atom is -0.466 e. The molecule has 0 aromatic heterocycles. The molecule has 0 radical (unpaired) electrons. The van der Waals surface area contributed by atoms with Crippen LogP contribution in [0, 0.1) is 6.92 Å². The van der Waals surface area contributed by atoms with Gasteiger partial charge in [0, 0.05) is 11.8 Å². The van der Waals surface area contributed by atoms with Crippen LogP contribution in [0.5, 0.6) is 0 Å². The molecule has 1 aromatic rings. The smallest absolute Gasteiger partial charge is 0.330 e. The summed E-state index contributed by atoms with van der Waals surface area (Å²) in [6.45, 7) is 1.97. The van der Waals surface area contributed by atoms with Crippen molar-refractivity contribution in [3.8, 4) is 0 Å². The molecule has 0 bridgehead atoms. The van der Waals surface area contributed by atoms with Crippen molar-refractivity contribution in [1.29, 1.82) is 0 Å². The van der Waals surface area contributed by atoms with Crippen molar-refractivity contribution in [2.24, 2.45) is 0 Å². The van der Waals surface area contributed by atoms with E-state index in [4.69, 9.17) is 5.73 Å². The number of hydrogen-bond donors (Lipinski definition) is 1. The number of rotatable bonds is 2. The van der Waals surface area contributed by atoms with Crippen molar-refractivity contribution >= 4 is 17.7 Å². The van der Waals surface area contributed by atoms with Gasteiger partial charge < -0.3 is 10.5 Å². The van der Waals surface area contributed by atoms with Gasteiger partial charge in [-0.2, -0.15) is 0 Å². The molecule has 0 aliphatic carbocycles. The van der Waals surface area contributed by atoms with E-state index in [1.165, 1.54) is 13.2 Å². The maximum Gasteiger partial charge on any atom is 0.330 e. The van der Waals surface area contributed by atoms with E-state index in [1.807, 2.05) is 25.1 Å². The number of carbonyl (C=O) groups is 1. The lowest BCUT2D eigenvalue weighted by Crippen LogP contribution is -1.94. The highest BCUT2D eigenvalue weighted by molar-refractivity contribution is 5.88. The third kappa shape index (κ3) is 2.62. The van der Waals surface area contributed by atoms with Crippen LogP contribution in [0.1, 0.15) is 11.1 Å². The highest BCUT2D eigenvalue weighted by atomic mass is 16.5. The van der Waals surface area contributed by atoms with Crippen LogP contribution in [-0.2, 0) is 9.53 Å². The summed E-state index contributed by atoms with van der Waals surface area (Å²) in [6.07, 6.45) is 3.00. The van der Waals surface area contributed by atoms with Gasteiger partial charge in [0.05, 0.1) is 7.11 Å². The van der Waals surface area contributed by atoms with E-state index in [9.17, 15) is 4.79 Å². The summed E-state index contributed by atoms with van der Waals surface area (Å²) in [7, 11) is 1.34. The van der Waals surface area contributed by atoms with Crippen LogP contribution in [0.3, 0.4) is 0 Å². The Bertz CT molecular complexity index is 370. The van der Waals surface area contributed by atoms with Gasteiger partial charge in [0.15, 0.2) is 0 Å². The van der Waals surface area contributed by atoms with Crippen LogP contribution < -0.4 is 5.73 Å². The summed E-state index contributed by atoms with van der Waals surface area (Å²) in [6, 6.07) is 5.64. The van der Waals surface area contributed by atoms with Crippen LogP contribution in [0.15, 0.2) is 24.3 Å². The Kier molecular flexibility index (Phi) is 3.29. The number of aryl methyl sites for hydroxylation is 1. The summed E-state index contributed by atoms with van der Waals surface area (Å²) >= 11 is 0. The maximum atomic E-state index is 10.8. The quantitative estimate of drug-likeness (QED) is 0.440. The second-order valence-electron chi connectivity index (χ2n) is 2.99. The number of esters is 1. The van der Waals surface area contributed by atoms with E-state index in [1.54, 1.807) is 6.08 Å². The van der Waals surface area contributed by atoms with Crippen molar-refractivity contribution in [2.75, 3.05) is 12.8 Å². The lowest BCUT2D eigenvalue weighted by molar-refractivity contribution is -0.134. The second-order valence-corrected chi connectivity index (χ2v) is 2.99. The van der Waals surface area contributed by atoms with Gasteiger partial charge in [-0.1, -0.05) is 11.6 Å². The fourth-order valence-corrected chi connectivity index (χ4v) is 1.06. The fraction of sp³-hybridized carbons (Fsp3) is 0.182. The van der Waals surface area contributed by atoms with Crippen LogP contribution in [0.4, 0.5) is 5.69 Å². The van der Waals surface area contributed by atoms with E-state index >= 15 is 0 Å². The van der Waals surface area contributed by atoms with Gasteiger partial charge in [0.25, 0.3) is 0 Å². The molecule has 0 fully saturated rings. The first-order valence-corrected chi connectivity index (χ1v) is 4.25. The van der Waals surface area contributed by atoms with Gasteiger partial charge in [0.2, 0.25) is 0 Å². The second kappa shape index (κ2) is 4.46. The molecule has 0 amide bonds. The largest absolute Gasteiger partial charge is 0.466 e. The molecule has 3 heteroatoms. The van der Waals surface area contributed by atoms with E-state index in [-0.39, 0.29) is 5.97 Å². The average molecular weight is 191 g/mol. The number of benzene rings is 1. The number of methoxy groups -OCH3 is 1. The van der Waals surface area contributed by atoms with E-state index in [2.05, 4.69) is 4.74 Å². The number of hydrogen-bond acceptors (Lipinski definition) is 3. The third-order valence-electron chi connectivity index (χ3n) is 1.84. The van der Waals surface area contributed by atoms with Crippen LogP contribution in [0.25, 0.3) is 6.08 Å². The first kappa shape index (κ1) is 10.3. The lowest BCUT2D eigenvalue weighted by Gasteiger charge is -2.00. The van der Waals surface area contributed by atoms with Crippen LogP contribution >= 0.6 is 0 Å². The van der Waals surface area contributed by atoms with E-state index < -0.39 is 0 Å². The van der Waals surface area contributed by atoms with Gasteiger partial charge in [-0.05, 0) is 30.7 Å². The zero-order valence-corrected chi connectivity index (χ0v) is 8.28. The van der Waals surface area contributed by atoms with E-state index in [0.717, 1.165) is 11.1 Å². The Hall–Kier alpha value is -1.77. The molecule has 0 spiro atoms. The highest BCUT2D eigenvalue weighted by Crippen LogP contribution is 2.15. The minimum absolute atomic E-state index is 0.383. The predicted octanol–water partition coefficient (Wildman–Crippen LogP) is 1.76. The summed E-state index contributed by atoms with van der Waals surface area (Å²) in [5.74, 6) is -0.383. The molecule has 0 unspecified atom stereocenters. The minimum atomic E-state index is -0.383. The number of nitrogens with two attached hydrogens (primary N) is 1. The molecule has 1 aromatic carbocycles. The summed E-state index contributed by atoms with van der Waals surface area (Å²) in [5.41, 5.74) is 8.29. The lowest BCUT2D eigenvalue weighted by atomic mass is 10.1. The zero-order chi connectivity index (χ0) is 10.6. The van der Waals surface area contributed by atoms with Gasteiger partial charge >= 0.3 is 5.97 Å². The Morgan fingerprint density at radius 1 is 1.50 bits per heavy atom. The number of carbonyl (C=O) groups excluding carboxylic acids is 1. The predicted molar refractivity (Wildman–Crippen MR) is 56.6 cm³/mol. The molecule has 0 aliphatic rings. The van der Waals surface area contributed by atoms with Crippen molar-refractivity contribution in [1.82, 2.24) is 0 Å². The van der Waals surface area contributed by atoms with Crippen molar-refractivity contribution < 1.29 is 9.53 Å². The standard InChI is InChI=1S/C11H13NO2/c1-8-3-5-10(12)9(7-8)4-6-11(13)14-2/h3-7H,12H2,1-2H3. The summed E-state index contributed by atoms with van der Waals surface area (Å²) in [4.78, 5) is 10.8. The molecule has 0 saturated heterocycles. The molecule has 3 nitrogen and oxygen atoms in total. The van der Waals surface area contributed by atoms with Crippen LogP contribution in [0.2, 0.25) is 0 Å². The highest BCUT2D eigenvalue weighted by Gasteiger charge is 1.96. The summed E-state index contributed by atoms with van der Waals surface area (Å²) < 4.78 is 4.48. The van der Waals surface area contributed by atoms with Crippen LogP contribution in [-0.4, -0.2) is 13.1 Å². The topological polar surface area (TPSA) is 52.3 Å². The molecule has 2 N–H and O–H groups in total. The molecule has 0 aliphatic heterocycles. The number of anilines is 1. The van der Waals surface area contributed by atoms with Gasteiger partial charge in [-0.15, -0.1) is 0 Å². The average Bonchev–Trinajstić information content (AvgIpc) is 2.19. The number of ether oxygens (including phenoxy) is 1. The third-order valence-corrected chi connectivity index (χ3v) is 1.84. The Morgan fingerprint density at radius 3 is 2.86 bits per heavy atom. The first-order chi connectivity index (χ1) is 6.63. The van der Waals surface area contributed by atoms with Gasteiger partial charge in [-0.25, -0.2) is 4.79 Å². The monoisotopic (exact) mass is 191 g/mol. The normalized spacial score (nSPS) is 10.4. The molecule has 74 valence electrons. The fourth-order valence-electron chi connectivity index (χ4n) is 1.06. The molecular formula is C11H13NO2. The molecule has 0 heterocycles. The Labute approximate surface area is 83.2 Å². The molecule has 0 atom stereocenters. The van der Waals surface area contributed by atoms with Crippen molar-refractivity contribution in [3.63, 3.8) is 0 Å². The maximum absolute atomic E-state index is 10.8. The molecule has 0 saturated carbocycles. The Morgan fingerprint density at radius 2 is 2.21 bits per heavy atom. The molecular weight excluding hydrogens is 178 g/mol. The van der Waals surface area contributed by atoms with E-state index in [0.29, 0.717) is 5.69 Å². The van der Waals surface area contributed by atoms with Gasteiger partial charge in [0.1, 0.15) is 0 Å². The summed E-state index contributed by atoms with van der Waals surface area (Å²) in [5, 5.41) is 0. The van der Waals surface area contributed by atoms with Gasteiger partial charge in [-0.3, -0.25) is 0 Å². The van der Waals surface area contributed by atoms with Crippen molar-refractivity contribution in [2.45, 2.75) is 6.92 Å². The number of nitrogen functional groups attached to an aromatic ring is 1. The van der Waals surface area contributed by atoms with Crippen molar-refractivity contribution in [3.05, 3.63) is 35.4 Å². The molecule has 1 rings (SSSR count). The Balaban J connectivity index is 2.90. The first-order valence-electron chi connectivity index (χ1n) is 4.25. The molecule has 14 heavy (non-hydrogen) atoms.